The largest absolute Gasteiger partial charge is 0.433 e. The molecule has 8 nitrogen and oxygen atoms in total. The highest BCUT2D eigenvalue weighted by Crippen LogP contribution is 2.33. The number of aromatic nitrogens is 7. The molecule has 0 aliphatic carbocycles. The number of likely N-dealkylation sites (N-methyl/N-ethyl adjacent to an activating group) is 1. The van der Waals surface area contributed by atoms with Crippen molar-refractivity contribution in [3.8, 4) is 33.8 Å². The van der Waals surface area contributed by atoms with Gasteiger partial charge in [-0.25, -0.2) is 9.97 Å². The molecule has 0 aliphatic rings. The van der Waals surface area contributed by atoms with Crippen LogP contribution >= 0.6 is 0 Å². The summed E-state index contributed by atoms with van der Waals surface area (Å²) in [6, 6.07) is 9.21. The molecule has 11 heteroatoms. The summed E-state index contributed by atoms with van der Waals surface area (Å²) in [5.41, 5.74) is 3.60. The topological polar surface area (TPSA) is 97.2 Å². The maximum Gasteiger partial charge on any atom is 0.433 e. The van der Waals surface area contributed by atoms with Crippen molar-refractivity contribution >= 4 is 11.0 Å². The number of rotatable bonds is 6. The zero-order chi connectivity index (χ0) is 23.7. The second kappa shape index (κ2) is 8.67. The first-order chi connectivity index (χ1) is 16.4. The third-order valence-corrected chi connectivity index (χ3v) is 5.29. The van der Waals surface area contributed by atoms with Gasteiger partial charge in [-0.05, 0) is 37.4 Å². The number of hydrogen-bond acceptors (Lipinski definition) is 6. The molecule has 0 saturated carbocycles. The number of nitrogens with zero attached hydrogens (tertiary/aromatic N) is 6. The molecule has 0 atom stereocenters. The molecule has 5 aromatic heterocycles. The Morgan fingerprint density at radius 2 is 1.88 bits per heavy atom. The van der Waals surface area contributed by atoms with Crippen LogP contribution in [0.25, 0.3) is 44.8 Å². The van der Waals surface area contributed by atoms with Crippen LogP contribution in [0.15, 0.2) is 61.2 Å². The minimum absolute atomic E-state index is 0.105. The number of alkyl halides is 3. The van der Waals surface area contributed by atoms with Crippen LogP contribution in [-0.4, -0.2) is 48.5 Å². The molecule has 0 bridgehead atoms. The lowest BCUT2D eigenvalue weighted by Gasteiger charge is -2.08. The summed E-state index contributed by atoms with van der Waals surface area (Å²) in [5.74, 6) is 0. The van der Waals surface area contributed by atoms with Gasteiger partial charge >= 0.3 is 6.18 Å². The summed E-state index contributed by atoms with van der Waals surface area (Å²) < 4.78 is 41.2. The number of fused-ring (bicyclic) bond motifs is 1. The Morgan fingerprint density at radius 3 is 2.71 bits per heavy atom. The van der Waals surface area contributed by atoms with Crippen LogP contribution in [0.3, 0.4) is 0 Å². The Kier molecular flexibility index (Phi) is 5.54. The van der Waals surface area contributed by atoms with Crippen molar-refractivity contribution in [1.29, 1.82) is 0 Å². The van der Waals surface area contributed by atoms with Gasteiger partial charge in [0.2, 0.25) is 0 Å². The molecule has 5 rings (SSSR count). The molecule has 0 aliphatic heterocycles. The summed E-state index contributed by atoms with van der Waals surface area (Å²) in [6.07, 6.45) is 2.53. The lowest BCUT2D eigenvalue weighted by Crippen LogP contribution is -2.14. The molecule has 5 aromatic rings. The Balaban J connectivity index is 1.51. The van der Waals surface area contributed by atoms with E-state index in [1.54, 1.807) is 24.7 Å². The molecule has 2 N–H and O–H groups in total. The van der Waals surface area contributed by atoms with Gasteiger partial charge in [-0.15, -0.1) is 0 Å². The minimum atomic E-state index is -4.55. The lowest BCUT2D eigenvalue weighted by molar-refractivity contribution is -0.141. The third kappa shape index (κ3) is 4.25. The number of aromatic amines is 1. The highest BCUT2D eigenvalue weighted by atomic mass is 19.4. The van der Waals surface area contributed by atoms with Crippen molar-refractivity contribution in [2.75, 3.05) is 13.6 Å². The second-order valence-corrected chi connectivity index (χ2v) is 7.61. The molecule has 0 spiro atoms. The normalized spacial score (nSPS) is 11.9. The second-order valence-electron chi connectivity index (χ2n) is 7.61. The number of hydrogen-bond donors (Lipinski definition) is 2. The molecule has 0 fully saturated rings. The quantitative estimate of drug-likeness (QED) is 0.391. The predicted molar refractivity (Wildman–Crippen MR) is 121 cm³/mol. The van der Waals surface area contributed by atoms with Gasteiger partial charge in [0.15, 0.2) is 0 Å². The molecule has 34 heavy (non-hydrogen) atoms. The van der Waals surface area contributed by atoms with Gasteiger partial charge < -0.3 is 5.32 Å². The Labute approximate surface area is 191 Å². The van der Waals surface area contributed by atoms with Crippen LogP contribution in [0.1, 0.15) is 5.69 Å². The van der Waals surface area contributed by atoms with Crippen molar-refractivity contribution in [1.82, 2.24) is 40.2 Å². The van der Waals surface area contributed by atoms with E-state index in [4.69, 9.17) is 4.98 Å². The van der Waals surface area contributed by atoms with Gasteiger partial charge in [0.05, 0.1) is 35.2 Å². The first kappa shape index (κ1) is 21.7. The number of nitrogens with one attached hydrogen (secondary N) is 2. The van der Waals surface area contributed by atoms with Crippen LogP contribution in [-0.2, 0) is 12.7 Å². The molecular formula is C23H19F3N8. The Hall–Kier alpha value is -4.12. The van der Waals surface area contributed by atoms with Crippen LogP contribution in [0.5, 0.6) is 0 Å². The van der Waals surface area contributed by atoms with Gasteiger partial charge in [0, 0.05) is 41.8 Å². The molecule has 5 heterocycles. The molecule has 0 radical (unpaired) electrons. The average molecular weight is 464 g/mol. The fourth-order valence-corrected chi connectivity index (χ4v) is 3.58. The van der Waals surface area contributed by atoms with Crippen molar-refractivity contribution in [2.45, 2.75) is 12.7 Å². The SMILES string of the molecule is CNCCn1cc(-c2cnc3ccc(-c4c[nH]nc4-c4cccc(C(F)(F)F)n4)nc3c2)cn1. The van der Waals surface area contributed by atoms with Crippen LogP contribution < -0.4 is 5.32 Å². The van der Waals surface area contributed by atoms with Crippen LogP contribution in [0, 0.1) is 0 Å². The summed E-state index contributed by atoms with van der Waals surface area (Å²) in [4.78, 5) is 13.0. The van der Waals surface area contributed by atoms with E-state index in [-0.39, 0.29) is 11.4 Å². The van der Waals surface area contributed by atoms with Crippen LogP contribution in [0.2, 0.25) is 0 Å². The predicted octanol–water partition coefficient (Wildman–Crippen LogP) is 4.18. The fraction of sp³-hybridized carbons (Fsp3) is 0.174. The van der Waals surface area contributed by atoms with E-state index in [2.05, 4.69) is 30.6 Å². The molecule has 0 aromatic carbocycles. The summed E-state index contributed by atoms with van der Waals surface area (Å²) in [7, 11) is 1.88. The van der Waals surface area contributed by atoms with E-state index in [1.807, 2.05) is 30.1 Å². The van der Waals surface area contributed by atoms with Crippen molar-refractivity contribution in [2.24, 2.45) is 0 Å². The molecule has 0 amide bonds. The Bertz CT molecular complexity index is 1450. The first-order valence-electron chi connectivity index (χ1n) is 10.5. The zero-order valence-electron chi connectivity index (χ0n) is 18.0. The van der Waals surface area contributed by atoms with Gasteiger partial charge in [-0.3, -0.25) is 14.8 Å². The van der Waals surface area contributed by atoms with E-state index >= 15 is 0 Å². The maximum atomic E-state index is 13.1. The molecule has 172 valence electrons. The van der Waals surface area contributed by atoms with Gasteiger partial charge in [-0.2, -0.15) is 23.4 Å². The van der Waals surface area contributed by atoms with E-state index in [9.17, 15) is 13.2 Å². The van der Waals surface area contributed by atoms with Crippen molar-refractivity contribution in [3.63, 3.8) is 0 Å². The number of halogens is 3. The van der Waals surface area contributed by atoms with Gasteiger partial charge in [-0.1, -0.05) is 6.07 Å². The highest BCUT2D eigenvalue weighted by Gasteiger charge is 2.32. The van der Waals surface area contributed by atoms with E-state index in [1.165, 1.54) is 12.1 Å². The van der Waals surface area contributed by atoms with Gasteiger partial charge in [0.1, 0.15) is 11.4 Å². The first-order valence-corrected chi connectivity index (χ1v) is 10.5. The lowest BCUT2D eigenvalue weighted by atomic mass is 10.1. The summed E-state index contributed by atoms with van der Waals surface area (Å²) in [6.45, 7) is 1.54. The Morgan fingerprint density at radius 1 is 1.00 bits per heavy atom. The monoisotopic (exact) mass is 464 g/mol. The van der Waals surface area contributed by atoms with E-state index in [0.717, 1.165) is 30.3 Å². The average Bonchev–Trinajstić information content (AvgIpc) is 3.52. The maximum absolute atomic E-state index is 13.1. The third-order valence-electron chi connectivity index (χ3n) is 5.29. The van der Waals surface area contributed by atoms with Crippen molar-refractivity contribution < 1.29 is 13.2 Å². The van der Waals surface area contributed by atoms with Gasteiger partial charge in [0.25, 0.3) is 0 Å². The molecular weight excluding hydrogens is 445 g/mol. The van der Waals surface area contributed by atoms with Crippen molar-refractivity contribution in [3.05, 3.63) is 66.9 Å². The number of H-pyrrole nitrogens is 1. The number of pyridine rings is 3. The molecule has 0 saturated heterocycles. The minimum Gasteiger partial charge on any atom is -0.318 e. The zero-order valence-corrected chi connectivity index (χ0v) is 18.0. The van der Waals surface area contributed by atoms with E-state index in [0.29, 0.717) is 22.3 Å². The highest BCUT2D eigenvalue weighted by molar-refractivity contribution is 5.84. The van der Waals surface area contributed by atoms with Crippen LogP contribution in [0.4, 0.5) is 13.2 Å². The molecule has 0 unspecified atom stereocenters. The standard InChI is InChI=1S/C23H19F3N8/c1-27-7-8-34-13-15(11-30-34)14-9-20-18(28-10-14)6-5-17(31-20)16-12-29-33-22(16)19-3-2-4-21(32-19)23(24,25)26/h2-6,9-13,27H,7-8H2,1H3,(H,29,33). The fourth-order valence-electron chi connectivity index (χ4n) is 3.58. The smallest absolute Gasteiger partial charge is 0.318 e. The summed E-state index contributed by atoms with van der Waals surface area (Å²) in [5, 5.41) is 14.3. The summed E-state index contributed by atoms with van der Waals surface area (Å²) >= 11 is 0. The van der Waals surface area contributed by atoms with E-state index < -0.39 is 11.9 Å².